The number of phenolic OH excluding ortho intramolecular Hbond substituents is 1. The molecule has 1 rings (SSSR count). The largest absolute Gasteiger partial charge is 0.508 e. The highest BCUT2D eigenvalue weighted by Crippen LogP contribution is 2.18. The third-order valence-corrected chi connectivity index (χ3v) is 1.72. The molecule has 0 unspecified atom stereocenters. The standard InChI is InChI=1S/C9H12FNO/c10-5-4-9(11)7-2-1-3-8(12)6-7/h1-3,6,9,12H,4-5,11H2/t9-/m1/s1. The van der Waals surface area contributed by atoms with Crippen LogP contribution in [0.25, 0.3) is 0 Å². The molecule has 0 saturated heterocycles. The molecule has 2 nitrogen and oxygen atoms in total. The van der Waals surface area contributed by atoms with E-state index in [1.165, 1.54) is 0 Å². The van der Waals surface area contributed by atoms with Crippen molar-refractivity contribution in [3.63, 3.8) is 0 Å². The van der Waals surface area contributed by atoms with Crippen LogP contribution < -0.4 is 5.73 Å². The van der Waals surface area contributed by atoms with Crippen molar-refractivity contribution in [3.05, 3.63) is 29.8 Å². The lowest BCUT2D eigenvalue weighted by atomic mass is 10.1. The molecular weight excluding hydrogens is 157 g/mol. The lowest BCUT2D eigenvalue weighted by molar-refractivity contribution is 0.439. The molecule has 0 radical (unpaired) electrons. The molecule has 3 heteroatoms. The number of hydrogen-bond donors (Lipinski definition) is 2. The predicted octanol–water partition coefficient (Wildman–Crippen LogP) is 1.75. The quantitative estimate of drug-likeness (QED) is 0.724. The van der Waals surface area contributed by atoms with Crippen molar-refractivity contribution in [2.24, 2.45) is 5.73 Å². The molecule has 0 heterocycles. The van der Waals surface area contributed by atoms with E-state index in [9.17, 15) is 4.39 Å². The van der Waals surface area contributed by atoms with Gasteiger partial charge in [-0.2, -0.15) is 0 Å². The molecule has 0 saturated carbocycles. The second-order valence-electron chi connectivity index (χ2n) is 2.68. The molecule has 0 aliphatic carbocycles. The Morgan fingerprint density at radius 1 is 1.50 bits per heavy atom. The van der Waals surface area contributed by atoms with Crippen LogP contribution in [0.1, 0.15) is 18.0 Å². The number of aromatic hydroxyl groups is 1. The molecule has 0 amide bonds. The topological polar surface area (TPSA) is 46.2 Å². The minimum Gasteiger partial charge on any atom is -0.508 e. The van der Waals surface area contributed by atoms with Crippen LogP contribution in [0.5, 0.6) is 5.75 Å². The molecule has 1 atom stereocenters. The fraction of sp³-hybridized carbons (Fsp3) is 0.333. The number of benzene rings is 1. The number of nitrogens with two attached hydrogens (primary N) is 1. The van der Waals surface area contributed by atoms with Crippen LogP contribution in [0.4, 0.5) is 4.39 Å². The van der Waals surface area contributed by atoms with E-state index in [4.69, 9.17) is 10.8 Å². The van der Waals surface area contributed by atoms with Crippen LogP contribution in [0.3, 0.4) is 0 Å². The molecule has 0 aliphatic rings. The van der Waals surface area contributed by atoms with Crippen LogP contribution in [0.2, 0.25) is 0 Å². The van der Waals surface area contributed by atoms with Crippen LogP contribution in [-0.2, 0) is 0 Å². The fourth-order valence-electron chi connectivity index (χ4n) is 1.04. The number of rotatable bonds is 3. The zero-order valence-electron chi connectivity index (χ0n) is 6.70. The molecular formula is C9H12FNO. The van der Waals surface area contributed by atoms with Gasteiger partial charge in [0.15, 0.2) is 0 Å². The van der Waals surface area contributed by atoms with Gasteiger partial charge in [-0.25, -0.2) is 0 Å². The molecule has 0 spiro atoms. The van der Waals surface area contributed by atoms with Gasteiger partial charge in [0.05, 0.1) is 6.67 Å². The number of hydrogen-bond acceptors (Lipinski definition) is 2. The summed E-state index contributed by atoms with van der Waals surface area (Å²) in [5, 5.41) is 9.08. The van der Waals surface area contributed by atoms with Crippen LogP contribution >= 0.6 is 0 Å². The normalized spacial score (nSPS) is 12.8. The van der Waals surface area contributed by atoms with Gasteiger partial charge in [-0.05, 0) is 24.1 Å². The van der Waals surface area contributed by atoms with E-state index >= 15 is 0 Å². The van der Waals surface area contributed by atoms with Gasteiger partial charge in [0.25, 0.3) is 0 Å². The molecule has 1 aromatic rings. The summed E-state index contributed by atoms with van der Waals surface area (Å²) in [5.41, 5.74) is 6.39. The average molecular weight is 169 g/mol. The summed E-state index contributed by atoms with van der Waals surface area (Å²) in [6, 6.07) is 6.27. The minimum atomic E-state index is -0.434. The number of alkyl halides is 1. The number of halogens is 1. The lowest BCUT2D eigenvalue weighted by Crippen LogP contribution is -2.10. The van der Waals surface area contributed by atoms with Crippen LogP contribution in [-0.4, -0.2) is 11.8 Å². The van der Waals surface area contributed by atoms with Crippen LogP contribution in [0, 0.1) is 0 Å². The third kappa shape index (κ3) is 2.20. The maximum atomic E-state index is 11.9. The Labute approximate surface area is 70.8 Å². The van der Waals surface area contributed by atoms with E-state index in [0.717, 1.165) is 5.56 Å². The van der Waals surface area contributed by atoms with Gasteiger partial charge in [-0.15, -0.1) is 0 Å². The van der Waals surface area contributed by atoms with Crippen molar-refractivity contribution in [1.82, 2.24) is 0 Å². The van der Waals surface area contributed by atoms with Crippen molar-refractivity contribution in [2.45, 2.75) is 12.5 Å². The first-order chi connectivity index (χ1) is 5.74. The van der Waals surface area contributed by atoms with E-state index in [0.29, 0.717) is 6.42 Å². The molecule has 66 valence electrons. The maximum Gasteiger partial charge on any atom is 0.115 e. The van der Waals surface area contributed by atoms with Gasteiger partial charge < -0.3 is 10.8 Å². The highest BCUT2D eigenvalue weighted by atomic mass is 19.1. The molecule has 12 heavy (non-hydrogen) atoms. The predicted molar refractivity (Wildman–Crippen MR) is 45.6 cm³/mol. The Morgan fingerprint density at radius 3 is 2.83 bits per heavy atom. The zero-order valence-corrected chi connectivity index (χ0v) is 6.70. The Bertz CT molecular complexity index is 252. The molecule has 3 N–H and O–H groups in total. The lowest BCUT2D eigenvalue weighted by Gasteiger charge is -2.09. The highest BCUT2D eigenvalue weighted by molar-refractivity contribution is 5.29. The van der Waals surface area contributed by atoms with E-state index in [-0.39, 0.29) is 11.8 Å². The Kier molecular flexibility index (Phi) is 3.05. The second kappa shape index (κ2) is 4.07. The minimum absolute atomic E-state index is 0.168. The van der Waals surface area contributed by atoms with Gasteiger partial charge >= 0.3 is 0 Å². The van der Waals surface area contributed by atoms with Crippen molar-refractivity contribution < 1.29 is 9.50 Å². The van der Waals surface area contributed by atoms with E-state index in [1.54, 1.807) is 24.3 Å². The molecule has 0 fully saturated rings. The Morgan fingerprint density at radius 2 is 2.25 bits per heavy atom. The first-order valence-corrected chi connectivity index (χ1v) is 3.84. The summed E-state index contributed by atoms with van der Waals surface area (Å²) in [7, 11) is 0. The van der Waals surface area contributed by atoms with Gasteiger partial charge in [0.2, 0.25) is 0 Å². The third-order valence-electron chi connectivity index (χ3n) is 1.72. The van der Waals surface area contributed by atoms with Gasteiger partial charge in [-0.1, -0.05) is 12.1 Å². The van der Waals surface area contributed by atoms with Gasteiger partial charge in [-0.3, -0.25) is 4.39 Å². The van der Waals surface area contributed by atoms with Crippen molar-refractivity contribution in [2.75, 3.05) is 6.67 Å². The van der Waals surface area contributed by atoms with Gasteiger partial charge in [0.1, 0.15) is 5.75 Å². The molecule has 0 aliphatic heterocycles. The van der Waals surface area contributed by atoms with E-state index < -0.39 is 6.67 Å². The summed E-state index contributed by atoms with van der Waals surface area (Å²) in [6.45, 7) is -0.434. The second-order valence-corrected chi connectivity index (χ2v) is 2.68. The number of phenols is 1. The van der Waals surface area contributed by atoms with Crippen molar-refractivity contribution >= 4 is 0 Å². The zero-order chi connectivity index (χ0) is 8.97. The highest BCUT2D eigenvalue weighted by Gasteiger charge is 2.05. The van der Waals surface area contributed by atoms with E-state index in [1.807, 2.05) is 0 Å². The average Bonchev–Trinajstić information content (AvgIpc) is 2.05. The van der Waals surface area contributed by atoms with E-state index in [2.05, 4.69) is 0 Å². The summed E-state index contributed by atoms with van der Waals surface area (Å²) >= 11 is 0. The van der Waals surface area contributed by atoms with Crippen LogP contribution in [0.15, 0.2) is 24.3 Å². The Balaban J connectivity index is 2.73. The summed E-state index contributed by atoms with van der Waals surface area (Å²) in [4.78, 5) is 0. The van der Waals surface area contributed by atoms with Crippen molar-refractivity contribution in [1.29, 1.82) is 0 Å². The summed E-state index contributed by atoms with van der Waals surface area (Å²) in [5.74, 6) is 0.168. The first-order valence-electron chi connectivity index (χ1n) is 3.84. The summed E-state index contributed by atoms with van der Waals surface area (Å²) < 4.78 is 11.9. The molecule has 0 bridgehead atoms. The molecule has 0 aromatic heterocycles. The first kappa shape index (κ1) is 9.00. The Hall–Kier alpha value is -1.09. The van der Waals surface area contributed by atoms with Gasteiger partial charge in [0, 0.05) is 6.04 Å². The molecule has 1 aromatic carbocycles. The monoisotopic (exact) mass is 169 g/mol. The fourth-order valence-corrected chi connectivity index (χ4v) is 1.04. The summed E-state index contributed by atoms with van der Waals surface area (Å²) in [6.07, 6.45) is 0.295. The smallest absolute Gasteiger partial charge is 0.115 e. The maximum absolute atomic E-state index is 11.9. The van der Waals surface area contributed by atoms with Crippen molar-refractivity contribution in [3.8, 4) is 5.75 Å². The SMILES string of the molecule is N[C@H](CCF)c1cccc(O)c1.